The van der Waals surface area contributed by atoms with Crippen molar-refractivity contribution in [1.82, 2.24) is 0 Å². The fraction of sp³-hybridized carbons (Fsp3) is 0.357. The van der Waals surface area contributed by atoms with Gasteiger partial charge in [0.15, 0.2) is 0 Å². The molecule has 0 bridgehead atoms. The second kappa shape index (κ2) is 5.43. The predicted octanol–water partition coefficient (Wildman–Crippen LogP) is 2.28. The Morgan fingerprint density at radius 3 is 2.94 bits per heavy atom. The van der Waals surface area contributed by atoms with Crippen molar-refractivity contribution in [1.29, 1.82) is 0 Å². The Bertz CT molecular complexity index is 530. The number of aliphatic hydroxyl groups excluding tert-OH is 1. The van der Waals surface area contributed by atoms with Gasteiger partial charge in [-0.05, 0) is 30.5 Å². The SMILES string of the molecule is CC1CC1C(=O)Nc1cc(C#CCO)ccc1Cl. The van der Waals surface area contributed by atoms with Crippen LogP contribution in [0.1, 0.15) is 18.9 Å². The van der Waals surface area contributed by atoms with Gasteiger partial charge >= 0.3 is 0 Å². The van der Waals surface area contributed by atoms with Crippen molar-refractivity contribution in [2.75, 3.05) is 11.9 Å². The molecule has 2 atom stereocenters. The third-order valence-corrected chi connectivity index (χ3v) is 3.31. The lowest BCUT2D eigenvalue weighted by atomic mass is 10.2. The average molecular weight is 264 g/mol. The molecule has 1 saturated carbocycles. The third kappa shape index (κ3) is 3.04. The summed E-state index contributed by atoms with van der Waals surface area (Å²) in [6.45, 7) is 1.86. The fourth-order valence-electron chi connectivity index (χ4n) is 1.75. The van der Waals surface area contributed by atoms with Crippen molar-refractivity contribution < 1.29 is 9.90 Å². The van der Waals surface area contributed by atoms with Crippen molar-refractivity contribution in [3.8, 4) is 11.8 Å². The van der Waals surface area contributed by atoms with E-state index in [1.54, 1.807) is 18.2 Å². The second-order valence-electron chi connectivity index (χ2n) is 4.46. The van der Waals surface area contributed by atoms with Crippen LogP contribution in [-0.2, 0) is 4.79 Å². The maximum absolute atomic E-state index is 11.8. The van der Waals surface area contributed by atoms with Crippen LogP contribution in [0.5, 0.6) is 0 Å². The van der Waals surface area contributed by atoms with Gasteiger partial charge in [-0.1, -0.05) is 30.4 Å². The molecular formula is C14H14ClNO2. The molecule has 1 amide bonds. The normalized spacial score (nSPS) is 20.8. The first-order valence-corrected chi connectivity index (χ1v) is 6.19. The molecule has 4 heteroatoms. The summed E-state index contributed by atoms with van der Waals surface area (Å²) in [5.74, 6) is 5.91. The smallest absolute Gasteiger partial charge is 0.227 e. The first-order valence-electron chi connectivity index (χ1n) is 5.82. The van der Waals surface area contributed by atoms with Gasteiger partial charge in [-0.25, -0.2) is 0 Å². The van der Waals surface area contributed by atoms with E-state index >= 15 is 0 Å². The number of carbonyl (C=O) groups is 1. The third-order valence-electron chi connectivity index (χ3n) is 2.98. The molecule has 0 spiro atoms. The molecule has 94 valence electrons. The Morgan fingerprint density at radius 1 is 1.61 bits per heavy atom. The fourth-order valence-corrected chi connectivity index (χ4v) is 1.92. The Kier molecular flexibility index (Phi) is 3.90. The van der Waals surface area contributed by atoms with E-state index in [2.05, 4.69) is 24.1 Å². The summed E-state index contributed by atoms with van der Waals surface area (Å²) in [6, 6.07) is 5.16. The molecule has 1 aliphatic rings. The maximum Gasteiger partial charge on any atom is 0.227 e. The predicted molar refractivity (Wildman–Crippen MR) is 71.3 cm³/mol. The minimum absolute atomic E-state index is 0.0108. The zero-order valence-electron chi connectivity index (χ0n) is 10.0. The highest BCUT2D eigenvalue weighted by Gasteiger charge is 2.39. The molecule has 1 aromatic rings. The van der Waals surface area contributed by atoms with Gasteiger partial charge in [-0.15, -0.1) is 0 Å². The van der Waals surface area contributed by atoms with Crippen molar-refractivity contribution in [3.05, 3.63) is 28.8 Å². The topological polar surface area (TPSA) is 49.3 Å². The lowest BCUT2D eigenvalue weighted by Gasteiger charge is -2.07. The lowest BCUT2D eigenvalue weighted by molar-refractivity contribution is -0.117. The number of halogens is 1. The number of aliphatic hydroxyl groups is 1. The van der Waals surface area contributed by atoms with Crippen LogP contribution in [0.15, 0.2) is 18.2 Å². The number of benzene rings is 1. The molecule has 0 heterocycles. The number of amides is 1. The number of carbonyl (C=O) groups excluding carboxylic acids is 1. The maximum atomic E-state index is 11.8. The molecule has 1 aromatic carbocycles. The highest BCUT2D eigenvalue weighted by Crippen LogP contribution is 2.39. The van der Waals surface area contributed by atoms with Gasteiger partial charge in [0.2, 0.25) is 5.91 Å². The molecule has 0 saturated heterocycles. The summed E-state index contributed by atoms with van der Waals surface area (Å²) >= 11 is 6.02. The van der Waals surface area contributed by atoms with Crippen molar-refractivity contribution in [2.24, 2.45) is 11.8 Å². The quantitative estimate of drug-likeness (QED) is 0.805. The van der Waals surface area contributed by atoms with Gasteiger partial charge < -0.3 is 10.4 Å². The van der Waals surface area contributed by atoms with E-state index in [9.17, 15) is 4.79 Å². The molecule has 1 aliphatic carbocycles. The van der Waals surface area contributed by atoms with E-state index in [1.165, 1.54) is 0 Å². The molecule has 2 N–H and O–H groups in total. The van der Waals surface area contributed by atoms with Crippen molar-refractivity contribution >= 4 is 23.2 Å². The first kappa shape index (κ1) is 12.9. The van der Waals surface area contributed by atoms with Crippen LogP contribution in [0, 0.1) is 23.7 Å². The molecular weight excluding hydrogens is 250 g/mol. The van der Waals surface area contributed by atoms with Gasteiger partial charge in [-0.3, -0.25) is 4.79 Å². The summed E-state index contributed by atoms with van der Waals surface area (Å²) in [5, 5.41) is 11.9. The van der Waals surface area contributed by atoms with Crippen LogP contribution in [0.25, 0.3) is 0 Å². The van der Waals surface area contributed by atoms with Gasteiger partial charge in [0.05, 0.1) is 10.7 Å². The summed E-state index contributed by atoms with van der Waals surface area (Å²) in [7, 11) is 0. The molecule has 3 nitrogen and oxygen atoms in total. The Morgan fingerprint density at radius 2 is 2.33 bits per heavy atom. The standard InChI is InChI=1S/C14H14ClNO2/c1-9-7-11(9)14(18)16-13-8-10(3-2-6-17)4-5-12(13)15/h4-5,8-9,11,17H,6-7H2,1H3,(H,16,18). The van der Waals surface area contributed by atoms with Crippen LogP contribution >= 0.6 is 11.6 Å². The van der Waals surface area contributed by atoms with Crippen LogP contribution < -0.4 is 5.32 Å². The van der Waals surface area contributed by atoms with Gasteiger partial charge in [-0.2, -0.15) is 0 Å². The zero-order chi connectivity index (χ0) is 13.1. The van der Waals surface area contributed by atoms with E-state index in [1.807, 2.05) is 0 Å². The molecule has 0 aliphatic heterocycles. The summed E-state index contributed by atoms with van der Waals surface area (Å²) in [4.78, 5) is 11.8. The van der Waals surface area contributed by atoms with Crippen molar-refractivity contribution in [3.63, 3.8) is 0 Å². The minimum atomic E-state index is -0.191. The summed E-state index contributed by atoms with van der Waals surface area (Å²) in [6.07, 6.45) is 0.938. The lowest BCUT2D eigenvalue weighted by Crippen LogP contribution is -2.14. The van der Waals surface area contributed by atoms with Crippen molar-refractivity contribution in [2.45, 2.75) is 13.3 Å². The molecule has 1 fully saturated rings. The highest BCUT2D eigenvalue weighted by atomic mass is 35.5. The van der Waals surface area contributed by atoms with Gasteiger partial charge in [0.25, 0.3) is 0 Å². The molecule has 18 heavy (non-hydrogen) atoms. The summed E-state index contributed by atoms with van der Waals surface area (Å²) in [5.41, 5.74) is 1.29. The number of anilines is 1. The largest absolute Gasteiger partial charge is 0.384 e. The molecule has 0 radical (unpaired) electrons. The van der Waals surface area contributed by atoms with Crippen LogP contribution in [0.2, 0.25) is 5.02 Å². The van der Waals surface area contributed by atoms with Crippen LogP contribution in [0.4, 0.5) is 5.69 Å². The zero-order valence-corrected chi connectivity index (χ0v) is 10.8. The molecule has 2 rings (SSSR count). The second-order valence-corrected chi connectivity index (χ2v) is 4.87. The van der Waals surface area contributed by atoms with E-state index in [-0.39, 0.29) is 18.4 Å². The highest BCUT2D eigenvalue weighted by molar-refractivity contribution is 6.33. The van der Waals surface area contributed by atoms with E-state index in [4.69, 9.17) is 16.7 Å². The summed E-state index contributed by atoms with van der Waals surface area (Å²) < 4.78 is 0. The minimum Gasteiger partial charge on any atom is -0.384 e. The Labute approximate surface area is 111 Å². The number of rotatable bonds is 2. The monoisotopic (exact) mass is 263 g/mol. The first-order chi connectivity index (χ1) is 8.61. The number of nitrogens with one attached hydrogen (secondary N) is 1. The van der Waals surface area contributed by atoms with Gasteiger partial charge in [0.1, 0.15) is 6.61 Å². The van der Waals surface area contributed by atoms with Gasteiger partial charge in [0, 0.05) is 11.5 Å². The van der Waals surface area contributed by atoms with E-state index < -0.39 is 0 Å². The Balaban J connectivity index is 2.13. The van der Waals surface area contributed by atoms with E-state index in [0.717, 1.165) is 6.42 Å². The number of hydrogen-bond acceptors (Lipinski definition) is 2. The van der Waals surface area contributed by atoms with Crippen LogP contribution in [-0.4, -0.2) is 17.6 Å². The van der Waals surface area contributed by atoms with Crippen LogP contribution in [0.3, 0.4) is 0 Å². The molecule has 0 aromatic heterocycles. The molecule has 2 unspecified atom stereocenters. The van der Waals surface area contributed by atoms with E-state index in [0.29, 0.717) is 22.2 Å². The number of hydrogen-bond donors (Lipinski definition) is 2. The Hall–Kier alpha value is -1.50. The average Bonchev–Trinajstić information content (AvgIpc) is 3.07.